The standard InChI is InChI=1S/C16H25NO/c1-3-12-17-15(13-18-2)16(10-7-11-16)14-8-5-4-6-9-14/h4-6,8-9,15,17H,3,7,10-13H2,1-2H3. The summed E-state index contributed by atoms with van der Waals surface area (Å²) in [6.07, 6.45) is 5.07. The van der Waals surface area contributed by atoms with E-state index in [-0.39, 0.29) is 0 Å². The van der Waals surface area contributed by atoms with Crippen LogP contribution in [0.1, 0.15) is 38.2 Å². The zero-order chi connectivity index (χ0) is 12.8. The number of hydrogen-bond donors (Lipinski definition) is 1. The summed E-state index contributed by atoms with van der Waals surface area (Å²) in [6, 6.07) is 11.4. The Morgan fingerprint density at radius 3 is 2.50 bits per heavy atom. The number of rotatable bonds is 7. The van der Waals surface area contributed by atoms with Crippen molar-refractivity contribution in [3.8, 4) is 0 Å². The Morgan fingerprint density at radius 2 is 2.00 bits per heavy atom. The quantitative estimate of drug-likeness (QED) is 0.799. The fraction of sp³-hybridized carbons (Fsp3) is 0.625. The Hall–Kier alpha value is -0.860. The third-order valence-corrected chi connectivity index (χ3v) is 4.24. The average molecular weight is 247 g/mol. The minimum absolute atomic E-state index is 0.298. The maximum absolute atomic E-state index is 5.44. The monoisotopic (exact) mass is 247 g/mol. The first-order valence-corrected chi connectivity index (χ1v) is 7.11. The largest absolute Gasteiger partial charge is 0.383 e. The van der Waals surface area contributed by atoms with E-state index in [4.69, 9.17) is 4.74 Å². The van der Waals surface area contributed by atoms with Gasteiger partial charge in [-0.15, -0.1) is 0 Å². The van der Waals surface area contributed by atoms with Crippen molar-refractivity contribution in [2.24, 2.45) is 0 Å². The smallest absolute Gasteiger partial charge is 0.0624 e. The maximum atomic E-state index is 5.44. The summed E-state index contributed by atoms with van der Waals surface area (Å²) in [4.78, 5) is 0. The van der Waals surface area contributed by atoms with Gasteiger partial charge in [-0.2, -0.15) is 0 Å². The second-order valence-corrected chi connectivity index (χ2v) is 5.34. The van der Waals surface area contributed by atoms with Crippen molar-refractivity contribution in [1.82, 2.24) is 5.32 Å². The number of ether oxygens (including phenoxy) is 1. The third-order valence-electron chi connectivity index (χ3n) is 4.24. The van der Waals surface area contributed by atoms with Crippen molar-refractivity contribution in [3.63, 3.8) is 0 Å². The molecule has 1 aliphatic rings. The highest BCUT2D eigenvalue weighted by atomic mass is 16.5. The lowest BCUT2D eigenvalue weighted by atomic mass is 9.60. The third kappa shape index (κ3) is 2.60. The molecule has 100 valence electrons. The number of nitrogens with one attached hydrogen (secondary N) is 1. The minimum Gasteiger partial charge on any atom is -0.383 e. The molecule has 0 amide bonds. The van der Waals surface area contributed by atoms with Gasteiger partial charge in [0.2, 0.25) is 0 Å². The molecule has 1 saturated carbocycles. The molecule has 1 fully saturated rings. The van der Waals surface area contributed by atoms with Gasteiger partial charge in [0.15, 0.2) is 0 Å². The van der Waals surface area contributed by atoms with Gasteiger partial charge in [0.25, 0.3) is 0 Å². The highest BCUT2D eigenvalue weighted by Crippen LogP contribution is 2.46. The molecule has 18 heavy (non-hydrogen) atoms. The first-order valence-electron chi connectivity index (χ1n) is 7.11. The molecule has 2 heteroatoms. The van der Waals surface area contributed by atoms with Gasteiger partial charge in [0.05, 0.1) is 6.61 Å². The Morgan fingerprint density at radius 1 is 1.28 bits per heavy atom. The van der Waals surface area contributed by atoms with E-state index in [0.29, 0.717) is 11.5 Å². The van der Waals surface area contributed by atoms with Crippen molar-refractivity contribution in [2.75, 3.05) is 20.3 Å². The summed E-state index contributed by atoms with van der Waals surface area (Å²) < 4.78 is 5.44. The van der Waals surface area contributed by atoms with Crippen LogP contribution in [-0.4, -0.2) is 26.3 Å². The maximum Gasteiger partial charge on any atom is 0.0624 e. The zero-order valence-corrected chi connectivity index (χ0v) is 11.6. The van der Waals surface area contributed by atoms with E-state index in [2.05, 4.69) is 42.6 Å². The van der Waals surface area contributed by atoms with Gasteiger partial charge in [-0.1, -0.05) is 43.7 Å². The second kappa shape index (κ2) is 6.35. The van der Waals surface area contributed by atoms with Crippen molar-refractivity contribution in [2.45, 2.75) is 44.1 Å². The summed E-state index contributed by atoms with van der Waals surface area (Å²) in [5, 5.41) is 3.69. The second-order valence-electron chi connectivity index (χ2n) is 5.34. The number of methoxy groups -OCH3 is 1. The van der Waals surface area contributed by atoms with Gasteiger partial charge in [0.1, 0.15) is 0 Å². The summed E-state index contributed by atoms with van der Waals surface area (Å²) >= 11 is 0. The van der Waals surface area contributed by atoms with Crippen LogP contribution in [0, 0.1) is 0 Å². The number of benzene rings is 1. The zero-order valence-electron chi connectivity index (χ0n) is 11.6. The Kier molecular flexibility index (Phi) is 4.79. The fourth-order valence-corrected chi connectivity index (χ4v) is 3.07. The molecule has 2 nitrogen and oxygen atoms in total. The molecule has 0 saturated heterocycles. The lowest BCUT2D eigenvalue weighted by molar-refractivity contribution is 0.0839. The lowest BCUT2D eigenvalue weighted by Gasteiger charge is -2.48. The molecule has 2 rings (SSSR count). The van der Waals surface area contributed by atoms with Crippen LogP contribution in [0.2, 0.25) is 0 Å². The average Bonchev–Trinajstić information content (AvgIpc) is 2.36. The van der Waals surface area contributed by atoms with E-state index in [1.54, 1.807) is 7.11 Å². The van der Waals surface area contributed by atoms with Gasteiger partial charge in [-0.25, -0.2) is 0 Å². The predicted octanol–water partition coefficient (Wildman–Crippen LogP) is 3.12. The molecule has 0 aliphatic heterocycles. The molecular weight excluding hydrogens is 222 g/mol. The van der Waals surface area contributed by atoms with Crippen molar-refractivity contribution in [3.05, 3.63) is 35.9 Å². The lowest BCUT2D eigenvalue weighted by Crippen LogP contribution is -2.55. The molecule has 1 atom stereocenters. The van der Waals surface area contributed by atoms with E-state index in [9.17, 15) is 0 Å². The highest BCUT2D eigenvalue weighted by molar-refractivity contribution is 5.30. The van der Waals surface area contributed by atoms with Gasteiger partial charge in [0, 0.05) is 18.6 Å². The van der Waals surface area contributed by atoms with Crippen LogP contribution in [0.15, 0.2) is 30.3 Å². The van der Waals surface area contributed by atoms with E-state index < -0.39 is 0 Å². The van der Waals surface area contributed by atoms with Crippen LogP contribution in [0.3, 0.4) is 0 Å². The molecular formula is C16H25NO. The normalized spacial score (nSPS) is 19.2. The van der Waals surface area contributed by atoms with Crippen molar-refractivity contribution in [1.29, 1.82) is 0 Å². The van der Waals surface area contributed by atoms with E-state index in [0.717, 1.165) is 13.2 Å². The molecule has 0 heterocycles. The highest BCUT2D eigenvalue weighted by Gasteiger charge is 2.44. The van der Waals surface area contributed by atoms with Gasteiger partial charge < -0.3 is 10.1 Å². The van der Waals surface area contributed by atoms with Crippen LogP contribution in [-0.2, 0) is 10.2 Å². The topological polar surface area (TPSA) is 21.3 Å². The Balaban J connectivity index is 2.18. The van der Waals surface area contributed by atoms with E-state index in [1.807, 2.05) is 0 Å². The van der Waals surface area contributed by atoms with Crippen LogP contribution in [0.5, 0.6) is 0 Å². The first kappa shape index (κ1) is 13.6. The molecule has 0 radical (unpaired) electrons. The van der Waals surface area contributed by atoms with Crippen molar-refractivity contribution < 1.29 is 4.74 Å². The predicted molar refractivity (Wildman–Crippen MR) is 75.9 cm³/mol. The molecule has 1 unspecified atom stereocenters. The van der Waals surface area contributed by atoms with E-state index >= 15 is 0 Å². The van der Waals surface area contributed by atoms with Gasteiger partial charge in [-0.3, -0.25) is 0 Å². The summed E-state index contributed by atoms with van der Waals surface area (Å²) in [5.41, 5.74) is 1.77. The molecule has 0 aromatic heterocycles. The van der Waals surface area contributed by atoms with Crippen LogP contribution >= 0.6 is 0 Å². The molecule has 1 aromatic carbocycles. The molecule has 0 bridgehead atoms. The van der Waals surface area contributed by atoms with Crippen LogP contribution in [0.25, 0.3) is 0 Å². The SMILES string of the molecule is CCCNC(COC)C1(c2ccccc2)CCC1. The Labute approximate surface area is 111 Å². The van der Waals surface area contributed by atoms with Gasteiger partial charge >= 0.3 is 0 Å². The molecule has 0 spiro atoms. The van der Waals surface area contributed by atoms with Crippen LogP contribution in [0.4, 0.5) is 0 Å². The molecule has 1 N–H and O–H groups in total. The van der Waals surface area contributed by atoms with E-state index in [1.165, 1.54) is 31.2 Å². The van der Waals surface area contributed by atoms with Gasteiger partial charge in [-0.05, 0) is 31.4 Å². The first-order chi connectivity index (χ1) is 8.83. The Bertz CT molecular complexity index is 345. The van der Waals surface area contributed by atoms with Crippen molar-refractivity contribution >= 4 is 0 Å². The summed E-state index contributed by atoms with van der Waals surface area (Å²) in [6.45, 7) is 4.09. The summed E-state index contributed by atoms with van der Waals surface area (Å²) in [7, 11) is 1.80. The minimum atomic E-state index is 0.298. The molecule has 1 aromatic rings. The summed E-state index contributed by atoms with van der Waals surface area (Å²) in [5.74, 6) is 0. The molecule has 1 aliphatic carbocycles. The van der Waals surface area contributed by atoms with Crippen LogP contribution < -0.4 is 5.32 Å². The fourth-order valence-electron chi connectivity index (χ4n) is 3.07. The number of hydrogen-bond acceptors (Lipinski definition) is 2.